The van der Waals surface area contributed by atoms with Gasteiger partial charge in [0.2, 0.25) is 0 Å². The fourth-order valence-electron chi connectivity index (χ4n) is 2.69. The van der Waals surface area contributed by atoms with Crippen LogP contribution in [0.4, 0.5) is 26.3 Å². The second kappa shape index (κ2) is 7.59. The van der Waals surface area contributed by atoms with Crippen molar-refractivity contribution in [3.05, 3.63) is 70.5 Å². The first-order valence-corrected chi connectivity index (χ1v) is 7.78. The molecule has 0 saturated heterocycles. The average molecular weight is 391 g/mol. The van der Waals surface area contributed by atoms with E-state index in [1.807, 2.05) is 0 Å². The van der Waals surface area contributed by atoms with Crippen LogP contribution in [0.1, 0.15) is 29.5 Å². The third-order valence-corrected chi connectivity index (χ3v) is 4.19. The van der Waals surface area contributed by atoms with Gasteiger partial charge < -0.3 is 10.8 Å². The predicted octanol–water partition coefficient (Wildman–Crippen LogP) is 4.38. The van der Waals surface area contributed by atoms with Crippen molar-refractivity contribution in [1.82, 2.24) is 0 Å². The number of hydrogen-bond donors (Lipinski definition) is 2. The molecule has 2 aromatic carbocycles. The molecule has 0 fully saturated rings. The number of nitrogens with two attached hydrogens (primary N) is 1. The van der Waals surface area contributed by atoms with Crippen molar-refractivity contribution in [3.63, 3.8) is 0 Å². The van der Waals surface area contributed by atoms with Gasteiger partial charge in [-0.2, -0.15) is 13.2 Å². The molecular formula is C18H15F6NO2. The van der Waals surface area contributed by atoms with E-state index in [9.17, 15) is 36.2 Å². The molecule has 0 aliphatic carbocycles. The van der Waals surface area contributed by atoms with Gasteiger partial charge in [-0.3, -0.25) is 0 Å². The number of carbonyl (C=O) groups is 1. The molecule has 27 heavy (non-hydrogen) atoms. The van der Waals surface area contributed by atoms with E-state index in [1.54, 1.807) is 0 Å². The van der Waals surface area contributed by atoms with Crippen molar-refractivity contribution >= 4 is 5.97 Å². The number of halogens is 6. The Morgan fingerprint density at radius 1 is 1.00 bits per heavy atom. The summed E-state index contributed by atoms with van der Waals surface area (Å²) in [6, 6.07) is 4.29. The quantitative estimate of drug-likeness (QED) is 0.719. The van der Waals surface area contributed by atoms with Crippen LogP contribution in [0.2, 0.25) is 0 Å². The van der Waals surface area contributed by atoms with E-state index in [0.29, 0.717) is 18.2 Å². The molecule has 0 radical (unpaired) electrons. The molecule has 1 unspecified atom stereocenters. The van der Waals surface area contributed by atoms with Crippen LogP contribution < -0.4 is 5.73 Å². The van der Waals surface area contributed by atoms with Crippen LogP contribution in [0.25, 0.3) is 0 Å². The van der Waals surface area contributed by atoms with Crippen LogP contribution >= 0.6 is 0 Å². The second-order valence-corrected chi connectivity index (χ2v) is 6.06. The summed E-state index contributed by atoms with van der Waals surface area (Å²) in [5.74, 6) is -4.70. The van der Waals surface area contributed by atoms with Gasteiger partial charge in [0, 0.05) is 11.6 Å². The van der Waals surface area contributed by atoms with Gasteiger partial charge in [-0.25, -0.2) is 18.0 Å². The van der Waals surface area contributed by atoms with E-state index < -0.39 is 46.3 Å². The van der Waals surface area contributed by atoms with E-state index >= 15 is 0 Å². The lowest BCUT2D eigenvalue weighted by Gasteiger charge is -2.25. The average Bonchev–Trinajstić information content (AvgIpc) is 2.54. The standard InChI is InChI=1S/C18H15F6NO2/c19-12-5-6-13(15(21)9-12)17(25,16(26)27)7-1-2-10-3-4-11(8-14(10)20)18(22,23)24/h3-6,8-9H,1-2,7,25H2,(H,26,27). The van der Waals surface area contributed by atoms with Crippen molar-refractivity contribution in [2.45, 2.75) is 31.0 Å². The van der Waals surface area contributed by atoms with Crippen LogP contribution in [-0.4, -0.2) is 11.1 Å². The molecule has 0 heterocycles. The summed E-state index contributed by atoms with van der Waals surface area (Å²) in [5, 5.41) is 9.37. The smallest absolute Gasteiger partial charge is 0.416 e. The van der Waals surface area contributed by atoms with Crippen molar-refractivity contribution in [2.24, 2.45) is 5.73 Å². The summed E-state index contributed by atoms with van der Waals surface area (Å²) in [5.41, 5.74) is 1.95. The van der Waals surface area contributed by atoms with Crippen LogP contribution in [0, 0.1) is 17.5 Å². The monoisotopic (exact) mass is 391 g/mol. The third kappa shape index (κ3) is 4.60. The zero-order valence-corrected chi connectivity index (χ0v) is 13.8. The minimum atomic E-state index is -4.69. The molecule has 3 N–H and O–H groups in total. The number of hydrogen-bond acceptors (Lipinski definition) is 2. The molecule has 0 saturated carbocycles. The second-order valence-electron chi connectivity index (χ2n) is 6.06. The molecule has 9 heteroatoms. The maximum absolute atomic E-state index is 13.9. The van der Waals surface area contributed by atoms with E-state index in [2.05, 4.69) is 0 Å². The zero-order valence-electron chi connectivity index (χ0n) is 13.8. The third-order valence-electron chi connectivity index (χ3n) is 4.19. The molecule has 2 aromatic rings. The Morgan fingerprint density at radius 2 is 1.67 bits per heavy atom. The molecule has 0 aliphatic rings. The molecule has 0 aliphatic heterocycles. The first kappa shape index (κ1) is 20.8. The number of benzene rings is 2. The molecule has 146 valence electrons. The van der Waals surface area contributed by atoms with Crippen LogP contribution in [0.5, 0.6) is 0 Å². The number of alkyl halides is 3. The Balaban J connectivity index is 2.17. The minimum absolute atomic E-state index is 0.0537. The van der Waals surface area contributed by atoms with E-state index in [-0.39, 0.29) is 24.8 Å². The Bertz CT molecular complexity index is 852. The van der Waals surface area contributed by atoms with Crippen LogP contribution in [-0.2, 0) is 22.9 Å². The molecule has 0 amide bonds. The molecule has 2 rings (SSSR count). The summed E-state index contributed by atoms with van der Waals surface area (Å²) in [7, 11) is 0. The Hall–Kier alpha value is -2.55. The lowest BCUT2D eigenvalue weighted by molar-refractivity contribution is -0.144. The van der Waals surface area contributed by atoms with E-state index in [4.69, 9.17) is 5.73 Å². The van der Waals surface area contributed by atoms with Gasteiger partial charge >= 0.3 is 12.1 Å². The Labute approximate surface area is 150 Å². The molecule has 1 atom stereocenters. The summed E-state index contributed by atoms with van der Waals surface area (Å²) in [6.45, 7) is 0. The minimum Gasteiger partial charge on any atom is -0.480 e. The van der Waals surface area contributed by atoms with Gasteiger partial charge in [-0.15, -0.1) is 0 Å². The lowest BCUT2D eigenvalue weighted by Crippen LogP contribution is -2.45. The highest BCUT2D eigenvalue weighted by Gasteiger charge is 2.38. The molecule has 3 nitrogen and oxygen atoms in total. The largest absolute Gasteiger partial charge is 0.480 e. The number of aryl methyl sites for hydroxylation is 1. The van der Waals surface area contributed by atoms with E-state index in [0.717, 1.165) is 18.2 Å². The van der Waals surface area contributed by atoms with Gasteiger partial charge in [0.15, 0.2) is 0 Å². The normalized spacial score (nSPS) is 14.0. The molecule has 0 spiro atoms. The van der Waals surface area contributed by atoms with Gasteiger partial charge in [0.05, 0.1) is 5.56 Å². The van der Waals surface area contributed by atoms with Crippen LogP contribution in [0.15, 0.2) is 36.4 Å². The van der Waals surface area contributed by atoms with Crippen molar-refractivity contribution in [1.29, 1.82) is 0 Å². The van der Waals surface area contributed by atoms with Crippen molar-refractivity contribution in [2.75, 3.05) is 0 Å². The zero-order chi connectivity index (χ0) is 20.4. The number of carboxylic acids is 1. The molecule has 0 aromatic heterocycles. The first-order valence-electron chi connectivity index (χ1n) is 7.78. The Kier molecular flexibility index (Phi) is 5.84. The fourth-order valence-corrected chi connectivity index (χ4v) is 2.69. The Morgan fingerprint density at radius 3 is 2.19 bits per heavy atom. The van der Waals surface area contributed by atoms with Crippen molar-refractivity contribution in [3.8, 4) is 0 Å². The topological polar surface area (TPSA) is 63.3 Å². The highest BCUT2D eigenvalue weighted by molar-refractivity contribution is 5.80. The lowest BCUT2D eigenvalue weighted by atomic mass is 9.85. The summed E-state index contributed by atoms with van der Waals surface area (Å²) < 4.78 is 78.4. The van der Waals surface area contributed by atoms with E-state index in [1.165, 1.54) is 0 Å². The van der Waals surface area contributed by atoms with Crippen molar-refractivity contribution < 1.29 is 36.2 Å². The molecular weight excluding hydrogens is 376 g/mol. The summed E-state index contributed by atoms with van der Waals surface area (Å²) in [6.07, 6.45) is -5.19. The first-order chi connectivity index (χ1) is 12.4. The number of aliphatic carboxylic acids is 1. The van der Waals surface area contributed by atoms with Crippen LogP contribution in [0.3, 0.4) is 0 Å². The molecule has 0 bridgehead atoms. The van der Waals surface area contributed by atoms with Gasteiger partial charge in [-0.1, -0.05) is 12.1 Å². The summed E-state index contributed by atoms with van der Waals surface area (Å²) >= 11 is 0. The maximum atomic E-state index is 13.9. The highest BCUT2D eigenvalue weighted by atomic mass is 19.4. The van der Waals surface area contributed by atoms with Gasteiger partial charge in [0.1, 0.15) is 23.0 Å². The SMILES string of the molecule is NC(CCCc1ccc(C(F)(F)F)cc1F)(C(=O)O)c1ccc(F)cc1F. The van der Waals surface area contributed by atoms with Gasteiger partial charge in [-0.05, 0) is 43.0 Å². The highest BCUT2D eigenvalue weighted by Crippen LogP contribution is 2.31. The maximum Gasteiger partial charge on any atom is 0.416 e. The van der Waals surface area contributed by atoms with Gasteiger partial charge in [0.25, 0.3) is 0 Å². The summed E-state index contributed by atoms with van der Waals surface area (Å²) in [4.78, 5) is 11.5. The fraction of sp³-hybridized carbons (Fsp3) is 0.278. The number of carboxylic acid groups (broad SMARTS) is 1. The predicted molar refractivity (Wildman–Crippen MR) is 84.2 cm³/mol. The number of rotatable bonds is 6.